The first kappa shape index (κ1) is 14.7. The molecule has 108 valence electrons. The summed E-state index contributed by atoms with van der Waals surface area (Å²) in [5, 5.41) is 6.02. The number of piperazine rings is 1. The molecule has 0 bridgehead atoms. The summed E-state index contributed by atoms with van der Waals surface area (Å²) in [5.74, 6) is 1.13. The van der Waals surface area contributed by atoms with Gasteiger partial charge in [-0.1, -0.05) is 0 Å². The van der Waals surface area contributed by atoms with Gasteiger partial charge in [-0.3, -0.25) is 9.59 Å². The summed E-state index contributed by atoms with van der Waals surface area (Å²) >= 11 is 1.73. The molecule has 2 aliphatic heterocycles. The lowest BCUT2D eigenvalue weighted by Gasteiger charge is -2.39. The van der Waals surface area contributed by atoms with E-state index in [1.165, 1.54) is 0 Å². The third kappa shape index (κ3) is 3.05. The summed E-state index contributed by atoms with van der Waals surface area (Å²) in [6, 6.07) is -0.362. The number of amides is 2. The van der Waals surface area contributed by atoms with Crippen molar-refractivity contribution >= 4 is 23.6 Å². The second-order valence-electron chi connectivity index (χ2n) is 5.30. The van der Waals surface area contributed by atoms with Crippen LogP contribution in [0.3, 0.4) is 0 Å². The molecule has 2 rings (SSSR count). The number of likely N-dealkylation sites (N-methyl/N-ethyl adjacent to an activating group) is 1. The van der Waals surface area contributed by atoms with Crippen molar-refractivity contribution in [3.63, 3.8) is 0 Å². The summed E-state index contributed by atoms with van der Waals surface area (Å²) in [7, 11) is 0. The number of nitrogens with one attached hydrogen (secondary N) is 2. The highest BCUT2D eigenvalue weighted by molar-refractivity contribution is 8.01. The zero-order valence-electron chi connectivity index (χ0n) is 11.7. The molecule has 19 heavy (non-hydrogen) atoms. The minimum Gasteiger partial charge on any atom is -0.355 e. The summed E-state index contributed by atoms with van der Waals surface area (Å²) < 4.78 is -0.331. The van der Waals surface area contributed by atoms with Crippen LogP contribution in [0.1, 0.15) is 26.7 Å². The van der Waals surface area contributed by atoms with Crippen LogP contribution in [-0.4, -0.2) is 59.4 Å². The molecular formula is C13H23N3O2S. The Bertz CT molecular complexity index is 356. The average Bonchev–Trinajstić information content (AvgIpc) is 2.86. The van der Waals surface area contributed by atoms with Crippen LogP contribution in [0.4, 0.5) is 0 Å². The van der Waals surface area contributed by atoms with Gasteiger partial charge in [-0.25, -0.2) is 0 Å². The third-order valence-corrected chi connectivity index (χ3v) is 5.34. The monoisotopic (exact) mass is 285 g/mol. The van der Waals surface area contributed by atoms with Gasteiger partial charge in [0.15, 0.2) is 0 Å². The molecule has 2 saturated heterocycles. The smallest absolute Gasteiger partial charge is 0.244 e. The molecule has 0 saturated carbocycles. The van der Waals surface area contributed by atoms with Gasteiger partial charge in [-0.05, 0) is 32.4 Å². The van der Waals surface area contributed by atoms with Gasteiger partial charge in [0, 0.05) is 26.2 Å². The lowest BCUT2D eigenvalue weighted by atomic mass is 10.0. The van der Waals surface area contributed by atoms with Crippen LogP contribution in [-0.2, 0) is 9.59 Å². The fourth-order valence-electron chi connectivity index (χ4n) is 2.73. The molecule has 0 aromatic carbocycles. The Morgan fingerprint density at radius 3 is 2.95 bits per heavy atom. The summed E-state index contributed by atoms with van der Waals surface area (Å²) in [6.07, 6.45) is 2.01. The molecule has 6 heteroatoms. The summed E-state index contributed by atoms with van der Waals surface area (Å²) in [5.41, 5.74) is 0. The molecule has 2 aliphatic rings. The van der Waals surface area contributed by atoms with Gasteiger partial charge in [0.05, 0.1) is 4.75 Å². The van der Waals surface area contributed by atoms with Gasteiger partial charge >= 0.3 is 0 Å². The maximum Gasteiger partial charge on any atom is 0.244 e. The van der Waals surface area contributed by atoms with Crippen LogP contribution in [0.5, 0.6) is 0 Å². The van der Waals surface area contributed by atoms with E-state index in [-0.39, 0.29) is 22.6 Å². The predicted octanol–water partition coefficient (Wildman–Crippen LogP) is 0.209. The van der Waals surface area contributed by atoms with Gasteiger partial charge in [-0.2, -0.15) is 0 Å². The molecule has 2 atom stereocenters. The SMILES string of the molecule is CCNC(=O)C1CNCCN1C(=O)C1(C)CCCS1. The lowest BCUT2D eigenvalue weighted by molar-refractivity contribution is -0.143. The van der Waals surface area contributed by atoms with Gasteiger partial charge in [-0.15, -0.1) is 11.8 Å². The number of hydrogen-bond donors (Lipinski definition) is 2. The van der Waals surface area contributed by atoms with Crippen molar-refractivity contribution in [1.82, 2.24) is 15.5 Å². The van der Waals surface area contributed by atoms with Crippen molar-refractivity contribution in [2.24, 2.45) is 0 Å². The Morgan fingerprint density at radius 1 is 1.53 bits per heavy atom. The minimum absolute atomic E-state index is 0.0466. The molecule has 2 amide bonds. The minimum atomic E-state index is -0.362. The Morgan fingerprint density at radius 2 is 2.32 bits per heavy atom. The van der Waals surface area contributed by atoms with E-state index >= 15 is 0 Å². The molecular weight excluding hydrogens is 262 g/mol. The number of carbonyl (C=O) groups is 2. The Balaban J connectivity index is 2.10. The maximum atomic E-state index is 12.7. The second kappa shape index (κ2) is 6.13. The molecule has 2 heterocycles. The molecule has 0 aromatic rings. The zero-order valence-corrected chi connectivity index (χ0v) is 12.5. The number of hydrogen-bond acceptors (Lipinski definition) is 4. The van der Waals surface area contributed by atoms with Crippen LogP contribution < -0.4 is 10.6 Å². The van der Waals surface area contributed by atoms with Crippen molar-refractivity contribution in [3.05, 3.63) is 0 Å². The van der Waals surface area contributed by atoms with E-state index in [4.69, 9.17) is 0 Å². The molecule has 5 nitrogen and oxygen atoms in total. The van der Waals surface area contributed by atoms with Crippen LogP contribution in [0.2, 0.25) is 0 Å². The second-order valence-corrected chi connectivity index (χ2v) is 6.89. The highest BCUT2D eigenvalue weighted by Gasteiger charge is 2.43. The fraction of sp³-hybridized carbons (Fsp3) is 0.846. The predicted molar refractivity (Wildman–Crippen MR) is 77.2 cm³/mol. The van der Waals surface area contributed by atoms with E-state index in [9.17, 15) is 9.59 Å². The van der Waals surface area contributed by atoms with Crippen molar-refractivity contribution in [2.75, 3.05) is 31.9 Å². The maximum absolute atomic E-state index is 12.7. The van der Waals surface area contributed by atoms with E-state index in [1.807, 2.05) is 13.8 Å². The molecule has 0 aromatic heterocycles. The van der Waals surface area contributed by atoms with Gasteiger partial charge in [0.25, 0.3) is 0 Å². The topological polar surface area (TPSA) is 61.4 Å². The first-order valence-corrected chi connectivity index (χ1v) is 8.00. The lowest BCUT2D eigenvalue weighted by Crippen LogP contribution is -2.62. The Labute approximate surface area is 118 Å². The number of nitrogens with zero attached hydrogens (tertiary/aromatic N) is 1. The van der Waals surface area contributed by atoms with Crippen molar-refractivity contribution in [1.29, 1.82) is 0 Å². The van der Waals surface area contributed by atoms with E-state index in [0.717, 1.165) is 25.1 Å². The first-order valence-electron chi connectivity index (χ1n) is 7.02. The van der Waals surface area contributed by atoms with Crippen molar-refractivity contribution in [3.8, 4) is 0 Å². The van der Waals surface area contributed by atoms with E-state index < -0.39 is 0 Å². The van der Waals surface area contributed by atoms with E-state index in [0.29, 0.717) is 19.6 Å². The zero-order chi connectivity index (χ0) is 13.9. The van der Waals surface area contributed by atoms with Crippen molar-refractivity contribution < 1.29 is 9.59 Å². The molecule has 0 aliphatic carbocycles. The van der Waals surface area contributed by atoms with Gasteiger partial charge in [0.1, 0.15) is 6.04 Å². The van der Waals surface area contributed by atoms with Crippen LogP contribution >= 0.6 is 11.8 Å². The van der Waals surface area contributed by atoms with E-state index in [2.05, 4.69) is 10.6 Å². The third-order valence-electron chi connectivity index (χ3n) is 3.83. The highest BCUT2D eigenvalue weighted by Crippen LogP contribution is 2.39. The molecule has 2 unspecified atom stereocenters. The van der Waals surface area contributed by atoms with Crippen LogP contribution in [0.15, 0.2) is 0 Å². The molecule has 2 N–H and O–H groups in total. The normalized spacial score (nSPS) is 31.3. The highest BCUT2D eigenvalue weighted by atomic mass is 32.2. The largest absolute Gasteiger partial charge is 0.355 e. The summed E-state index contributed by atoms with van der Waals surface area (Å²) in [6.45, 7) is 6.46. The summed E-state index contributed by atoms with van der Waals surface area (Å²) in [4.78, 5) is 26.6. The quantitative estimate of drug-likeness (QED) is 0.778. The van der Waals surface area contributed by atoms with Gasteiger partial charge in [0.2, 0.25) is 11.8 Å². The van der Waals surface area contributed by atoms with Crippen molar-refractivity contribution in [2.45, 2.75) is 37.5 Å². The Kier molecular flexibility index (Phi) is 4.73. The van der Waals surface area contributed by atoms with Crippen LogP contribution in [0.25, 0.3) is 0 Å². The number of rotatable bonds is 3. The molecule has 0 spiro atoms. The first-order chi connectivity index (χ1) is 9.08. The fourth-order valence-corrected chi connectivity index (χ4v) is 3.99. The van der Waals surface area contributed by atoms with Crippen LogP contribution in [0, 0.1) is 0 Å². The van der Waals surface area contributed by atoms with Gasteiger partial charge < -0.3 is 15.5 Å². The number of carbonyl (C=O) groups excluding carboxylic acids is 2. The molecule has 2 fully saturated rings. The number of thioether (sulfide) groups is 1. The van der Waals surface area contributed by atoms with E-state index in [1.54, 1.807) is 16.7 Å². The molecule has 0 radical (unpaired) electrons. The standard InChI is InChI=1S/C13H23N3O2S/c1-3-15-11(17)10-9-14-6-7-16(10)12(18)13(2)5-4-8-19-13/h10,14H,3-9H2,1-2H3,(H,15,17). The Hall–Kier alpha value is -0.750. The average molecular weight is 285 g/mol.